The topological polar surface area (TPSA) is 0 Å². The van der Waals surface area contributed by atoms with E-state index in [1.54, 1.807) is 11.1 Å². The maximum Gasteiger partial charge on any atom is 0.00516 e. The van der Waals surface area contributed by atoms with Gasteiger partial charge in [-0.3, -0.25) is 0 Å². The summed E-state index contributed by atoms with van der Waals surface area (Å²) in [4.78, 5) is 0. The molecule has 0 aromatic carbocycles. The van der Waals surface area contributed by atoms with Crippen LogP contribution in [0.25, 0.3) is 0 Å². The SMILES string of the molecule is C1=CC2C(=C1)CC=C1CCCCC12. The number of rotatable bonds is 0. The lowest BCUT2D eigenvalue weighted by molar-refractivity contribution is 0.382. The van der Waals surface area contributed by atoms with E-state index in [1.165, 1.54) is 32.1 Å². The van der Waals surface area contributed by atoms with Crippen molar-refractivity contribution < 1.29 is 0 Å². The second-order valence-corrected chi connectivity index (χ2v) is 4.49. The highest BCUT2D eigenvalue weighted by atomic mass is 14.4. The lowest BCUT2D eigenvalue weighted by atomic mass is 9.70. The van der Waals surface area contributed by atoms with E-state index in [1.807, 2.05) is 0 Å². The van der Waals surface area contributed by atoms with E-state index in [-0.39, 0.29) is 0 Å². The fourth-order valence-electron chi connectivity index (χ4n) is 3.11. The number of hydrogen-bond donors (Lipinski definition) is 0. The number of hydrogen-bond acceptors (Lipinski definition) is 0. The molecule has 0 aliphatic heterocycles. The Kier molecular flexibility index (Phi) is 1.68. The molecule has 0 heterocycles. The zero-order chi connectivity index (χ0) is 8.67. The fourth-order valence-corrected chi connectivity index (χ4v) is 3.11. The summed E-state index contributed by atoms with van der Waals surface area (Å²) in [5, 5.41) is 0. The van der Waals surface area contributed by atoms with Crippen molar-refractivity contribution >= 4 is 0 Å². The van der Waals surface area contributed by atoms with Crippen molar-refractivity contribution in [1.29, 1.82) is 0 Å². The first-order valence-corrected chi connectivity index (χ1v) is 5.51. The predicted octanol–water partition coefficient (Wildman–Crippen LogP) is 3.62. The van der Waals surface area contributed by atoms with Crippen molar-refractivity contribution in [2.75, 3.05) is 0 Å². The molecule has 2 atom stereocenters. The van der Waals surface area contributed by atoms with Gasteiger partial charge in [-0.15, -0.1) is 0 Å². The average Bonchev–Trinajstić information content (AvgIpc) is 2.65. The molecule has 0 amide bonds. The van der Waals surface area contributed by atoms with Gasteiger partial charge in [0, 0.05) is 5.92 Å². The van der Waals surface area contributed by atoms with Gasteiger partial charge in [-0.05, 0) is 31.6 Å². The zero-order valence-corrected chi connectivity index (χ0v) is 8.00. The molecule has 0 nitrogen and oxygen atoms in total. The first-order valence-electron chi connectivity index (χ1n) is 5.51. The molecule has 0 N–H and O–H groups in total. The van der Waals surface area contributed by atoms with Crippen LogP contribution in [0, 0.1) is 11.8 Å². The van der Waals surface area contributed by atoms with Crippen LogP contribution >= 0.6 is 0 Å². The second-order valence-electron chi connectivity index (χ2n) is 4.49. The summed E-state index contributed by atoms with van der Waals surface area (Å²) >= 11 is 0. The highest BCUT2D eigenvalue weighted by Gasteiger charge is 2.31. The largest absolute Gasteiger partial charge is 0.0809 e. The molecule has 0 aromatic heterocycles. The molecule has 0 heteroatoms. The average molecular weight is 172 g/mol. The van der Waals surface area contributed by atoms with E-state index >= 15 is 0 Å². The lowest BCUT2D eigenvalue weighted by Gasteiger charge is -2.34. The van der Waals surface area contributed by atoms with Crippen LogP contribution < -0.4 is 0 Å². The van der Waals surface area contributed by atoms with Crippen LogP contribution in [0.15, 0.2) is 35.5 Å². The van der Waals surface area contributed by atoms with E-state index in [2.05, 4.69) is 24.3 Å². The third-order valence-corrected chi connectivity index (χ3v) is 3.80. The second kappa shape index (κ2) is 2.87. The molecule has 68 valence electrons. The van der Waals surface area contributed by atoms with Crippen LogP contribution in [-0.2, 0) is 0 Å². The summed E-state index contributed by atoms with van der Waals surface area (Å²) in [6.07, 6.45) is 16.4. The first-order chi connectivity index (χ1) is 6.45. The van der Waals surface area contributed by atoms with Gasteiger partial charge in [0.1, 0.15) is 0 Å². The van der Waals surface area contributed by atoms with Gasteiger partial charge in [-0.25, -0.2) is 0 Å². The summed E-state index contributed by atoms with van der Waals surface area (Å²) in [5.74, 6) is 1.67. The Morgan fingerprint density at radius 1 is 1.15 bits per heavy atom. The van der Waals surface area contributed by atoms with E-state index in [9.17, 15) is 0 Å². The van der Waals surface area contributed by atoms with Gasteiger partial charge >= 0.3 is 0 Å². The van der Waals surface area contributed by atoms with E-state index in [0.29, 0.717) is 0 Å². The quantitative estimate of drug-likeness (QED) is 0.489. The lowest BCUT2D eigenvalue weighted by Crippen LogP contribution is -2.22. The van der Waals surface area contributed by atoms with Gasteiger partial charge in [-0.2, -0.15) is 0 Å². The Bertz CT molecular complexity index is 304. The van der Waals surface area contributed by atoms with Crippen LogP contribution in [-0.4, -0.2) is 0 Å². The van der Waals surface area contributed by atoms with Gasteiger partial charge < -0.3 is 0 Å². The fraction of sp³-hybridized carbons (Fsp3) is 0.538. The molecule has 0 aromatic rings. The van der Waals surface area contributed by atoms with Gasteiger partial charge in [0.25, 0.3) is 0 Å². The molecule has 3 aliphatic rings. The van der Waals surface area contributed by atoms with Gasteiger partial charge in [0.05, 0.1) is 0 Å². The molecule has 1 fully saturated rings. The smallest absolute Gasteiger partial charge is 0.00516 e. The summed E-state index contributed by atoms with van der Waals surface area (Å²) in [5.41, 5.74) is 3.43. The first kappa shape index (κ1) is 7.61. The van der Waals surface area contributed by atoms with Crippen LogP contribution in [0.5, 0.6) is 0 Å². The molecule has 1 saturated carbocycles. The molecule has 0 bridgehead atoms. The van der Waals surface area contributed by atoms with Crippen molar-refractivity contribution in [1.82, 2.24) is 0 Å². The summed E-state index contributed by atoms with van der Waals surface area (Å²) in [7, 11) is 0. The summed E-state index contributed by atoms with van der Waals surface area (Å²) < 4.78 is 0. The Balaban J connectivity index is 1.95. The standard InChI is InChI=1S/C13H16/c1-2-6-12-10(4-1)8-9-11-5-3-7-13(11)12/h3,5,7-8,12-13H,1-2,4,6,9H2. The summed E-state index contributed by atoms with van der Waals surface area (Å²) in [6, 6.07) is 0. The summed E-state index contributed by atoms with van der Waals surface area (Å²) in [6.45, 7) is 0. The maximum absolute atomic E-state index is 2.50. The normalized spacial score (nSPS) is 36.3. The molecule has 13 heavy (non-hydrogen) atoms. The molecule has 0 saturated heterocycles. The minimum Gasteiger partial charge on any atom is -0.0809 e. The van der Waals surface area contributed by atoms with Crippen molar-refractivity contribution in [2.24, 2.45) is 11.8 Å². The monoisotopic (exact) mass is 172 g/mol. The highest BCUT2D eigenvalue weighted by molar-refractivity contribution is 5.37. The predicted molar refractivity (Wildman–Crippen MR) is 55.4 cm³/mol. The van der Waals surface area contributed by atoms with Crippen molar-refractivity contribution in [3.05, 3.63) is 35.5 Å². The highest BCUT2D eigenvalue weighted by Crippen LogP contribution is 2.44. The molecular weight excluding hydrogens is 156 g/mol. The van der Waals surface area contributed by atoms with Crippen LogP contribution in [0.2, 0.25) is 0 Å². The Labute approximate surface area is 80.0 Å². The van der Waals surface area contributed by atoms with Crippen molar-refractivity contribution in [2.45, 2.75) is 32.1 Å². The third-order valence-electron chi connectivity index (χ3n) is 3.80. The Morgan fingerprint density at radius 3 is 3.15 bits per heavy atom. The van der Waals surface area contributed by atoms with Crippen molar-refractivity contribution in [3.8, 4) is 0 Å². The third kappa shape index (κ3) is 1.12. The zero-order valence-electron chi connectivity index (χ0n) is 8.00. The molecular formula is C13H16. The van der Waals surface area contributed by atoms with Crippen molar-refractivity contribution in [3.63, 3.8) is 0 Å². The van der Waals surface area contributed by atoms with Crippen LogP contribution in [0.4, 0.5) is 0 Å². The van der Waals surface area contributed by atoms with Gasteiger partial charge in [0.2, 0.25) is 0 Å². The van der Waals surface area contributed by atoms with E-state index in [4.69, 9.17) is 0 Å². The molecule has 3 aliphatic carbocycles. The Hall–Kier alpha value is -0.780. The molecule has 3 rings (SSSR count). The van der Waals surface area contributed by atoms with E-state index < -0.39 is 0 Å². The van der Waals surface area contributed by atoms with Gasteiger partial charge in [0.15, 0.2) is 0 Å². The van der Waals surface area contributed by atoms with Crippen LogP contribution in [0.3, 0.4) is 0 Å². The van der Waals surface area contributed by atoms with E-state index in [0.717, 1.165) is 11.8 Å². The molecule has 0 spiro atoms. The number of fused-ring (bicyclic) bond motifs is 3. The minimum atomic E-state index is 0.792. The Morgan fingerprint density at radius 2 is 2.15 bits per heavy atom. The number of allylic oxidation sites excluding steroid dienone is 6. The molecule has 0 radical (unpaired) electrons. The van der Waals surface area contributed by atoms with Gasteiger partial charge in [-0.1, -0.05) is 41.9 Å². The maximum atomic E-state index is 2.50. The van der Waals surface area contributed by atoms with Crippen LogP contribution in [0.1, 0.15) is 32.1 Å². The minimum absolute atomic E-state index is 0.792. The molecule has 2 unspecified atom stereocenters.